The first-order valence-electron chi connectivity index (χ1n) is 3.57. The van der Waals surface area contributed by atoms with Crippen molar-refractivity contribution in [2.75, 3.05) is 0 Å². The molecule has 0 spiro atoms. The van der Waals surface area contributed by atoms with Crippen LogP contribution in [0.1, 0.15) is 10.4 Å². The maximum absolute atomic E-state index is 10.7. The molecule has 0 saturated carbocycles. The minimum atomic E-state index is 0.573. The first-order valence-corrected chi connectivity index (χ1v) is 5.27. The van der Waals surface area contributed by atoms with Gasteiger partial charge in [-0.2, -0.15) is 0 Å². The van der Waals surface area contributed by atoms with E-state index in [2.05, 4.69) is 12.6 Å². The lowest BCUT2D eigenvalue weighted by molar-refractivity contribution is 0.112. The van der Waals surface area contributed by atoms with Gasteiger partial charge in [0.05, 0.1) is 0 Å². The minimum absolute atomic E-state index is 0.573. The van der Waals surface area contributed by atoms with E-state index in [9.17, 15) is 4.79 Å². The third-order valence-corrected chi connectivity index (χ3v) is 3.58. The SMILES string of the molecule is O=Cc1cc(Cl)cc2c(S)csc12. The van der Waals surface area contributed by atoms with E-state index in [1.54, 1.807) is 6.07 Å². The van der Waals surface area contributed by atoms with Gasteiger partial charge in [0, 0.05) is 30.9 Å². The van der Waals surface area contributed by atoms with Crippen LogP contribution in [0, 0.1) is 0 Å². The number of carbonyl (C=O) groups excluding carboxylic acids is 1. The molecule has 0 aliphatic heterocycles. The molecule has 0 amide bonds. The third kappa shape index (κ3) is 1.47. The topological polar surface area (TPSA) is 17.1 Å². The summed E-state index contributed by atoms with van der Waals surface area (Å²) in [5.41, 5.74) is 0.632. The Morgan fingerprint density at radius 3 is 2.92 bits per heavy atom. The van der Waals surface area contributed by atoms with Gasteiger partial charge in [0.25, 0.3) is 0 Å². The monoisotopic (exact) mass is 228 g/mol. The Morgan fingerprint density at radius 1 is 1.46 bits per heavy atom. The van der Waals surface area contributed by atoms with Gasteiger partial charge in [0.1, 0.15) is 0 Å². The van der Waals surface area contributed by atoms with Crippen molar-refractivity contribution in [3.8, 4) is 0 Å². The van der Waals surface area contributed by atoms with Gasteiger partial charge in [-0.15, -0.1) is 24.0 Å². The highest BCUT2D eigenvalue weighted by atomic mass is 35.5. The molecule has 0 fully saturated rings. The zero-order valence-electron chi connectivity index (χ0n) is 6.45. The summed E-state index contributed by atoms with van der Waals surface area (Å²) in [4.78, 5) is 11.6. The van der Waals surface area contributed by atoms with Crippen LogP contribution in [0.2, 0.25) is 5.02 Å². The number of rotatable bonds is 1. The van der Waals surface area contributed by atoms with Crippen LogP contribution in [0.25, 0.3) is 10.1 Å². The smallest absolute Gasteiger partial charge is 0.151 e. The van der Waals surface area contributed by atoms with Gasteiger partial charge in [0.2, 0.25) is 0 Å². The number of thiol groups is 1. The lowest BCUT2D eigenvalue weighted by atomic mass is 10.2. The number of benzene rings is 1. The van der Waals surface area contributed by atoms with Gasteiger partial charge >= 0.3 is 0 Å². The molecule has 2 rings (SSSR count). The number of fused-ring (bicyclic) bond motifs is 1. The number of hydrogen-bond acceptors (Lipinski definition) is 3. The van der Waals surface area contributed by atoms with Gasteiger partial charge in [-0.25, -0.2) is 0 Å². The zero-order chi connectivity index (χ0) is 9.42. The maximum Gasteiger partial charge on any atom is 0.151 e. The van der Waals surface area contributed by atoms with Gasteiger partial charge in [0.15, 0.2) is 6.29 Å². The highest BCUT2D eigenvalue weighted by Gasteiger charge is 2.06. The molecule has 1 aromatic carbocycles. The first kappa shape index (κ1) is 9.06. The summed E-state index contributed by atoms with van der Waals surface area (Å²) in [6, 6.07) is 3.49. The normalized spacial score (nSPS) is 10.6. The third-order valence-electron chi connectivity index (χ3n) is 1.77. The van der Waals surface area contributed by atoms with Crippen molar-refractivity contribution in [2.24, 2.45) is 0 Å². The molecule has 0 unspecified atom stereocenters. The average Bonchev–Trinajstić information content (AvgIpc) is 2.47. The molecule has 1 heterocycles. The second-order valence-corrected chi connectivity index (χ2v) is 4.41. The average molecular weight is 229 g/mol. The predicted octanol–water partition coefficient (Wildman–Crippen LogP) is 3.66. The molecule has 0 saturated heterocycles. The number of halogens is 1. The predicted molar refractivity (Wildman–Crippen MR) is 59.5 cm³/mol. The molecule has 1 nitrogen and oxygen atoms in total. The Bertz CT molecular complexity index is 476. The summed E-state index contributed by atoms with van der Waals surface area (Å²) in [6.07, 6.45) is 0.817. The van der Waals surface area contributed by atoms with Crippen LogP contribution in [0.5, 0.6) is 0 Å². The molecule has 13 heavy (non-hydrogen) atoms. The standard InChI is InChI=1S/C9H5ClOS2/c10-6-1-5(3-11)9-7(2-6)8(12)4-13-9/h1-4,12H. The van der Waals surface area contributed by atoms with Gasteiger partial charge in [-0.3, -0.25) is 4.79 Å². The van der Waals surface area contributed by atoms with Crippen molar-refractivity contribution in [2.45, 2.75) is 4.90 Å². The summed E-state index contributed by atoms with van der Waals surface area (Å²) in [5, 5.41) is 3.42. The fraction of sp³-hybridized carbons (Fsp3) is 0. The summed E-state index contributed by atoms with van der Waals surface area (Å²) in [5.74, 6) is 0. The fourth-order valence-corrected chi connectivity index (χ4v) is 2.73. The Labute approximate surface area is 89.7 Å². The van der Waals surface area contributed by atoms with Crippen molar-refractivity contribution in [1.29, 1.82) is 0 Å². The second-order valence-electron chi connectivity index (χ2n) is 2.61. The van der Waals surface area contributed by atoms with Crippen LogP contribution >= 0.6 is 35.6 Å². The Kier molecular flexibility index (Phi) is 2.32. The second kappa shape index (κ2) is 3.33. The summed E-state index contributed by atoms with van der Waals surface area (Å²) >= 11 is 11.6. The molecule has 0 aliphatic rings. The van der Waals surface area contributed by atoms with Crippen molar-refractivity contribution in [3.63, 3.8) is 0 Å². The van der Waals surface area contributed by atoms with E-state index < -0.39 is 0 Å². The largest absolute Gasteiger partial charge is 0.298 e. The van der Waals surface area contributed by atoms with E-state index in [-0.39, 0.29) is 0 Å². The molecule has 66 valence electrons. The van der Waals surface area contributed by atoms with E-state index in [1.165, 1.54) is 11.3 Å². The van der Waals surface area contributed by atoms with Crippen LogP contribution in [0.3, 0.4) is 0 Å². The Balaban J connectivity index is 2.91. The molecule has 4 heteroatoms. The highest BCUT2D eigenvalue weighted by molar-refractivity contribution is 7.80. The number of hydrogen-bond donors (Lipinski definition) is 1. The quantitative estimate of drug-likeness (QED) is 0.582. The van der Waals surface area contributed by atoms with Gasteiger partial charge in [-0.05, 0) is 12.1 Å². The van der Waals surface area contributed by atoms with E-state index in [1.807, 2.05) is 11.4 Å². The molecule has 0 atom stereocenters. The first-order chi connectivity index (χ1) is 6.22. The Morgan fingerprint density at radius 2 is 2.23 bits per heavy atom. The van der Waals surface area contributed by atoms with E-state index in [0.717, 1.165) is 21.3 Å². The van der Waals surface area contributed by atoms with Crippen molar-refractivity contribution in [1.82, 2.24) is 0 Å². The summed E-state index contributed by atoms with van der Waals surface area (Å²) < 4.78 is 0.949. The number of thiophene rings is 1. The van der Waals surface area contributed by atoms with E-state index >= 15 is 0 Å². The lowest BCUT2D eigenvalue weighted by Crippen LogP contribution is -1.79. The molecule has 1 aromatic heterocycles. The van der Waals surface area contributed by atoms with Crippen molar-refractivity contribution >= 4 is 51.9 Å². The number of carbonyl (C=O) groups is 1. The van der Waals surface area contributed by atoms with Gasteiger partial charge < -0.3 is 0 Å². The fourth-order valence-electron chi connectivity index (χ4n) is 1.20. The highest BCUT2D eigenvalue weighted by Crippen LogP contribution is 2.33. The molecular weight excluding hydrogens is 224 g/mol. The van der Waals surface area contributed by atoms with Crippen molar-refractivity contribution < 1.29 is 4.79 Å². The minimum Gasteiger partial charge on any atom is -0.298 e. The molecule has 0 N–H and O–H groups in total. The number of aldehydes is 1. The lowest BCUT2D eigenvalue weighted by Gasteiger charge is -1.96. The van der Waals surface area contributed by atoms with Crippen LogP contribution < -0.4 is 0 Å². The Hall–Kier alpha value is -0.510. The molecule has 0 aliphatic carbocycles. The maximum atomic E-state index is 10.7. The summed E-state index contributed by atoms with van der Waals surface area (Å²) in [6.45, 7) is 0. The van der Waals surface area contributed by atoms with E-state index in [0.29, 0.717) is 10.6 Å². The van der Waals surface area contributed by atoms with Crippen molar-refractivity contribution in [3.05, 3.63) is 28.1 Å². The van der Waals surface area contributed by atoms with Crippen LogP contribution in [-0.2, 0) is 0 Å². The zero-order valence-corrected chi connectivity index (χ0v) is 8.92. The van der Waals surface area contributed by atoms with Crippen LogP contribution in [0.4, 0.5) is 0 Å². The summed E-state index contributed by atoms with van der Waals surface area (Å²) in [7, 11) is 0. The van der Waals surface area contributed by atoms with Gasteiger partial charge in [-0.1, -0.05) is 11.6 Å². The molecule has 0 bridgehead atoms. The van der Waals surface area contributed by atoms with E-state index in [4.69, 9.17) is 11.6 Å². The molecule has 2 aromatic rings. The molecular formula is C9H5ClOS2. The molecule has 0 radical (unpaired) electrons. The van der Waals surface area contributed by atoms with Crippen LogP contribution in [-0.4, -0.2) is 6.29 Å². The van der Waals surface area contributed by atoms with Crippen LogP contribution in [0.15, 0.2) is 22.4 Å².